The fourth-order valence-electron chi connectivity index (χ4n) is 6.14. The lowest BCUT2D eigenvalue weighted by Gasteiger charge is -2.22. The van der Waals surface area contributed by atoms with Crippen LogP contribution in [0.5, 0.6) is 5.75 Å². The van der Waals surface area contributed by atoms with Crippen LogP contribution in [0.1, 0.15) is 45.6 Å². The molecule has 0 aliphatic heterocycles. The van der Waals surface area contributed by atoms with Crippen LogP contribution in [0.4, 0.5) is 5.82 Å². The lowest BCUT2D eigenvalue weighted by Crippen LogP contribution is -2.34. The van der Waals surface area contributed by atoms with Crippen molar-refractivity contribution in [1.82, 2.24) is 19.9 Å². The van der Waals surface area contributed by atoms with E-state index in [4.69, 9.17) is 28.8 Å². The molecule has 4 heterocycles. The van der Waals surface area contributed by atoms with Crippen molar-refractivity contribution in [2.45, 2.75) is 58.7 Å². The summed E-state index contributed by atoms with van der Waals surface area (Å²) in [4.78, 5) is 5.73. The average molecular weight is 730 g/mol. The number of aryl methyl sites for hydroxylation is 5. The zero-order chi connectivity index (χ0) is 36.4. The van der Waals surface area contributed by atoms with Crippen LogP contribution >= 0.6 is 11.3 Å². The SMILES string of the molecule is CCc1cc2c(c(C)n1)c(-c1ccc(OC)cc1)nn2Cc1ccc(-c2cc(C)sc2S(=O)(=O)N(COCCOC)c2noc(C)c2C)c(C)c1. The molecule has 0 unspecified atom stereocenters. The molecule has 0 fully saturated rings. The van der Waals surface area contributed by atoms with Gasteiger partial charge in [-0.1, -0.05) is 30.3 Å². The largest absolute Gasteiger partial charge is 0.497 e. The Labute approximate surface area is 302 Å². The first-order valence-corrected chi connectivity index (χ1v) is 19.0. The predicted octanol–water partition coefficient (Wildman–Crippen LogP) is 7.79. The number of hydrogen-bond donors (Lipinski definition) is 0. The smallest absolute Gasteiger partial charge is 0.277 e. The second-order valence-electron chi connectivity index (χ2n) is 12.5. The minimum Gasteiger partial charge on any atom is -0.497 e. The molecule has 0 radical (unpaired) electrons. The number of aromatic nitrogens is 4. The highest BCUT2D eigenvalue weighted by Gasteiger charge is 2.34. The first kappa shape index (κ1) is 36.2. The number of anilines is 1. The minimum absolute atomic E-state index is 0.200. The average Bonchev–Trinajstić information content (AvgIpc) is 3.79. The van der Waals surface area contributed by atoms with Crippen molar-refractivity contribution >= 4 is 38.1 Å². The summed E-state index contributed by atoms with van der Waals surface area (Å²) in [7, 11) is -0.892. The topological polar surface area (TPSA) is 122 Å². The van der Waals surface area contributed by atoms with Gasteiger partial charge in [0, 0.05) is 45.5 Å². The maximum Gasteiger partial charge on any atom is 0.277 e. The van der Waals surface area contributed by atoms with Gasteiger partial charge in [0.15, 0.2) is 5.82 Å². The van der Waals surface area contributed by atoms with Crippen LogP contribution in [0.2, 0.25) is 0 Å². The molecule has 0 amide bonds. The van der Waals surface area contributed by atoms with Crippen LogP contribution in [0.3, 0.4) is 0 Å². The fraction of sp³-hybridized carbons (Fsp3) is 0.342. The van der Waals surface area contributed by atoms with Crippen molar-refractivity contribution in [2.75, 3.05) is 38.5 Å². The molecule has 0 N–H and O–H groups in total. The van der Waals surface area contributed by atoms with Crippen LogP contribution in [0.15, 0.2) is 63.3 Å². The van der Waals surface area contributed by atoms with E-state index in [0.717, 1.165) is 67.3 Å². The molecular weight excluding hydrogens is 687 g/mol. The van der Waals surface area contributed by atoms with Gasteiger partial charge in [0.25, 0.3) is 10.0 Å². The van der Waals surface area contributed by atoms with Gasteiger partial charge in [-0.15, -0.1) is 11.3 Å². The van der Waals surface area contributed by atoms with Crippen LogP contribution in [-0.4, -0.2) is 62.5 Å². The van der Waals surface area contributed by atoms with E-state index >= 15 is 0 Å². The summed E-state index contributed by atoms with van der Waals surface area (Å²) in [6.45, 7) is 12.4. The van der Waals surface area contributed by atoms with E-state index in [1.54, 1.807) is 28.1 Å². The van der Waals surface area contributed by atoms with Gasteiger partial charge in [0.2, 0.25) is 0 Å². The molecule has 0 saturated carbocycles. The summed E-state index contributed by atoms with van der Waals surface area (Å²) >= 11 is 1.22. The number of sulfonamides is 1. The summed E-state index contributed by atoms with van der Waals surface area (Å²) in [5, 5.41) is 10.2. The number of pyridine rings is 1. The number of benzene rings is 2. The highest BCUT2D eigenvalue weighted by atomic mass is 32.2. The first-order chi connectivity index (χ1) is 24.5. The van der Waals surface area contributed by atoms with Crippen molar-refractivity contribution in [3.8, 4) is 28.1 Å². The molecule has 2 aromatic carbocycles. The molecule has 11 nitrogen and oxygen atoms in total. The molecule has 0 aliphatic rings. The summed E-state index contributed by atoms with van der Waals surface area (Å²) in [6.07, 6.45) is 0.811. The van der Waals surface area contributed by atoms with Gasteiger partial charge >= 0.3 is 0 Å². The Bertz CT molecular complexity index is 2290. The Kier molecular flexibility index (Phi) is 10.6. The van der Waals surface area contributed by atoms with Gasteiger partial charge in [-0.2, -0.15) is 5.10 Å². The lowest BCUT2D eigenvalue weighted by molar-refractivity contribution is 0.0753. The van der Waals surface area contributed by atoms with Crippen molar-refractivity contribution in [1.29, 1.82) is 0 Å². The molecule has 6 rings (SSSR count). The second kappa shape index (κ2) is 15.0. The normalized spacial score (nSPS) is 11.8. The van der Waals surface area contributed by atoms with E-state index in [0.29, 0.717) is 30.0 Å². The monoisotopic (exact) mass is 729 g/mol. The maximum absolute atomic E-state index is 14.5. The minimum atomic E-state index is -4.11. The number of fused-ring (bicyclic) bond motifs is 1. The molecule has 0 spiro atoms. The van der Waals surface area contributed by atoms with E-state index in [-0.39, 0.29) is 23.4 Å². The highest BCUT2D eigenvalue weighted by Crippen LogP contribution is 2.40. The van der Waals surface area contributed by atoms with Gasteiger partial charge in [-0.05, 0) is 94.1 Å². The van der Waals surface area contributed by atoms with E-state index in [2.05, 4.69) is 24.2 Å². The Morgan fingerprint density at radius 3 is 2.35 bits per heavy atom. The van der Waals surface area contributed by atoms with Gasteiger partial charge in [0.05, 0.1) is 32.4 Å². The molecule has 268 valence electrons. The summed E-state index contributed by atoms with van der Waals surface area (Å²) < 4.78 is 53.9. The van der Waals surface area contributed by atoms with Crippen molar-refractivity contribution in [3.63, 3.8) is 0 Å². The summed E-state index contributed by atoms with van der Waals surface area (Å²) in [5.41, 5.74) is 8.86. The maximum atomic E-state index is 14.5. The number of nitrogens with zero attached hydrogens (tertiary/aromatic N) is 5. The van der Waals surface area contributed by atoms with E-state index in [1.165, 1.54) is 15.6 Å². The van der Waals surface area contributed by atoms with E-state index in [9.17, 15) is 8.42 Å². The van der Waals surface area contributed by atoms with Gasteiger partial charge in [0.1, 0.15) is 28.1 Å². The molecule has 0 bridgehead atoms. The molecule has 0 atom stereocenters. The van der Waals surface area contributed by atoms with Crippen LogP contribution in [0, 0.1) is 34.6 Å². The molecule has 6 aromatic rings. The summed E-state index contributed by atoms with van der Waals surface area (Å²) in [5.74, 6) is 1.52. The van der Waals surface area contributed by atoms with Gasteiger partial charge < -0.3 is 18.7 Å². The van der Waals surface area contributed by atoms with E-state index in [1.807, 2.05) is 67.9 Å². The van der Waals surface area contributed by atoms with Crippen LogP contribution < -0.4 is 9.04 Å². The highest BCUT2D eigenvalue weighted by molar-refractivity contribution is 7.95. The number of hydrogen-bond acceptors (Lipinski definition) is 10. The van der Waals surface area contributed by atoms with Gasteiger partial charge in [-0.3, -0.25) is 9.67 Å². The third-order valence-electron chi connectivity index (χ3n) is 8.96. The van der Waals surface area contributed by atoms with Crippen molar-refractivity contribution in [3.05, 3.63) is 93.3 Å². The number of rotatable bonds is 14. The Morgan fingerprint density at radius 1 is 0.941 bits per heavy atom. The Morgan fingerprint density at radius 2 is 1.71 bits per heavy atom. The standard InChI is InChI=1S/C38H43N5O6S2/c1-9-30-20-34-35(26(5)39-30)36(29-11-13-31(47-8)14-12-29)40-42(34)21-28-10-15-32(23(2)18-28)33-19-24(3)50-38(33)51(44,45)43(22-48-17-16-46-7)37-25(4)27(6)49-41-37/h10-15,18-20H,9,16-17,21-22H2,1-8H3. The molecular formula is C38H43N5O6S2. The molecule has 13 heteroatoms. The molecule has 0 saturated heterocycles. The zero-order valence-corrected chi connectivity index (χ0v) is 31.9. The van der Waals surface area contributed by atoms with E-state index < -0.39 is 10.0 Å². The predicted molar refractivity (Wildman–Crippen MR) is 200 cm³/mol. The van der Waals surface area contributed by atoms with Crippen LogP contribution in [-0.2, 0) is 32.5 Å². The van der Waals surface area contributed by atoms with Crippen molar-refractivity contribution in [2.24, 2.45) is 0 Å². The second-order valence-corrected chi connectivity index (χ2v) is 15.8. The Balaban J connectivity index is 1.37. The first-order valence-electron chi connectivity index (χ1n) is 16.7. The molecule has 4 aromatic heterocycles. The number of thiophene rings is 1. The Hall–Kier alpha value is -4.56. The molecule has 0 aliphatic carbocycles. The lowest BCUT2D eigenvalue weighted by atomic mass is 10.00. The zero-order valence-electron chi connectivity index (χ0n) is 30.2. The third kappa shape index (κ3) is 7.16. The summed E-state index contributed by atoms with van der Waals surface area (Å²) in [6, 6.07) is 18.1. The quantitative estimate of drug-likeness (QED) is 0.0817. The van der Waals surface area contributed by atoms with Crippen molar-refractivity contribution < 1.29 is 27.2 Å². The number of methoxy groups -OCH3 is 2. The van der Waals surface area contributed by atoms with Crippen LogP contribution in [0.25, 0.3) is 33.3 Å². The third-order valence-corrected chi connectivity index (χ3v) is 12.2. The van der Waals surface area contributed by atoms with Gasteiger partial charge in [-0.25, -0.2) is 12.7 Å². The number of ether oxygens (including phenoxy) is 3. The molecule has 51 heavy (non-hydrogen) atoms. The fourth-order valence-corrected chi connectivity index (χ4v) is 9.23.